The monoisotopic (exact) mass is 272 g/mol. The summed E-state index contributed by atoms with van der Waals surface area (Å²) in [6, 6.07) is 9.98. The predicted molar refractivity (Wildman–Crippen MR) is 80.2 cm³/mol. The summed E-state index contributed by atoms with van der Waals surface area (Å²) in [6.07, 6.45) is 5.00. The SMILES string of the molecule is CCCNC(c1cncc(F)c1)c1cccc(CC)c1. The highest BCUT2D eigenvalue weighted by Crippen LogP contribution is 2.23. The highest BCUT2D eigenvalue weighted by atomic mass is 19.1. The Bertz CT molecular complexity index is 554. The van der Waals surface area contributed by atoms with Gasteiger partial charge in [-0.05, 0) is 42.1 Å². The Hall–Kier alpha value is -1.74. The van der Waals surface area contributed by atoms with E-state index >= 15 is 0 Å². The number of aromatic nitrogens is 1. The summed E-state index contributed by atoms with van der Waals surface area (Å²) < 4.78 is 13.4. The van der Waals surface area contributed by atoms with Crippen LogP contribution in [0.1, 0.15) is 43.0 Å². The van der Waals surface area contributed by atoms with Crippen molar-refractivity contribution in [1.29, 1.82) is 0 Å². The average molecular weight is 272 g/mol. The summed E-state index contributed by atoms with van der Waals surface area (Å²) >= 11 is 0. The molecule has 1 unspecified atom stereocenters. The zero-order valence-electron chi connectivity index (χ0n) is 12.1. The zero-order chi connectivity index (χ0) is 14.4. The minimum Gasteiger partial charge on any atom is -0.306 e. The van der Waals surface area contributed by atoms with Crippen LogP contribution in [0.5, 0.6) is 0 Å². The molecule has 1 aromatic heterocycles. The van der Waals surface area contributed by atoms with E-state index in [4.69, 9.17) is 0 Å². The lowest BCUT2D eigenvalue weighted by Gasteiger charge is -2.20. The number of halogens is 1. The molecule has 0 radical (unpaired) electrons. The number of hydrogen-bond donors (Lipinski definition) is 1. The van der Waals surface area contributed by atoms with Crippen LogP contribution in [-0.2, 0) is 6.42 Å². The van der Waals surface area contributed by atoms with Gasteiger partial charge in [-0.15, -0.1) is 0 Å². The van der Waals surface area contributed by atoms with Crippen LogP contribution < -0.4 is 5.32 Å². The van der Waals surface area contributed by atoms with Gasteiger partial charge in [0.25, 0.3) is 0 Å². The molecule has 0 fully saturated rings. The molecule has 0 aliphatic carbocycles. The first kappa shape index (κ1) is 14.7. The van der Waals surface area contributed by atoms with Crippen LogP contribution in [0.4, 0.5) is 4.39 Å². The van der Waals surface area contributed by atoms with Gasteiger partial charge in [-0.25, -0.2) is 4.39 Å². The topological polar surface area (TPSA) is 24.9 Å². The minimum absolute atomic E-state index is 0.00958. The van der Waals surface area contributed by atoms with Crippen LogP contribution in [0.2, 0.25) is 0 Å². The molecule has 2 rings (SSSR count). The summed E-state index contributed by atoms with van der Waals surface area (Å²) in [7, 11) is 0. The van der Waals surface area contributed by atoms with Crippen molar-refractivity contribution in [3.8, 4) is 0 Å². The van der Waals surface area contributed by atoms with Crippen molar-refractivity contribution in [3.63, 3.8) is 0 Å². The Morgan fingerprint density at radius 3 is 2.70 bits per heavy atom. The molecule has 3 heteroatoms. The van der Waals surface area contributed by atoms with Crippen LogP contribution in [0.15, 0.2) is 42.7 Å². The number of aryl methyl sites for hydroxylation is 1. The van der Waals surface area contributed by atoms with E-state index in [1.165, 1.54) is 11.8 Å². The molecule has 2 aromatic rings. The van der Waals surface area contributed by atoms with Crippen LogP contribution >= 0.6 is 0 Å². The number of benzene rings is 1. The molecule has 1 heterocycles. The molecule has 1 atom stereocenters. The predicted octanol–water partition coefficient (Wildman–Crippen LogP) is 3.87. The summed E-state index contributed by atoms with van der Waals surface area (Å²) in [5, 5.41) is 3.47. The summed E-state index contributed by atoms with van der Waals surface area (Å²) in [6.45, 7) is 5.14. The molecule has 0 aliphatic rings. The van der Waals surface area contributed by atoms with Gasteiger partial charge in [0.15, 0.2) is 0 Å². The second kappa shape index (κ2) is 7.15. The van der Waals surface area contributed by atoms with Gasteiger partial charge in [-0.2, -0.15) is 0 Å². The average Bonchev–Trinajstić information content (AvgIpc) is 2.48. The highest BCUT2D eigenvalue weighted by Gasteiger charge is 2.14. The smallest absolute Gasteiger partial charge is 0.141 e. The van der Waals surface area contributed by atoms with Gasteiger partial charge < -0.3 is 5.32 Å². The van der Waals surface area contributed by atoms with Gasteiger partial charge in [-0.1, -0.05) is 38.1 Å². The van der Waals surface area contributed by atoms with E-state index in [1.807, 2.05) is 0 Å². The Morgan fingerprint density at radius 2 is 2.00 bits per heavy atom. The third kappa shape index (κ3) is 3.64. The third-order valence-electron chi connectivity index (χ3n) is 3.35. The molecule has 20 heavy (non-hydrogen) atoms. The van der Waals surface area contributed by atoms with E-state index in [-0.39, 0.29) is 11.9 Å². The Labute approximate surface area is 120 Å². The molecule has 0 saturated carbocycles. The fourth-order valence-electron chi connectivity index (χ4n) is 2.30. The van der Waals surface area contributed by atoms with Crippen LogP contribution in [0, 0.1) is 5.82 Å². The van der Waals surface area contributed by atoms with Crippen molar-refractivity contribution in [2.45, 2.75) is 32.7 Å². The van der Waals surface area contributed by atoms with Gasteiger partial charge in [0.05, 0.1) is 12.2 Å². The molecule has 1 N–H and O–H groups in total. The first-order chi connectivity index (χ1) is 9.74. The van der Waals surface area contributed by atoms with Gasteiger partial charge >= 0.3 is 0 Å². The Kier molecular flexibility index (Phi) is 5.24. The number of hydrogen-bond acceptors (Lipinski definition) is 2. The van der Waals surface area contributed by atoms with Gasteiger partial charge in [0.1, 0.15) is 5.82 Å². The lowest BCUT2D eigenvalue weighted by atomic mass is 9.97. The van der Waals surface area contributed by atoms with E-state index < -0.39 is 0 Å². The Morgan fingerprint density at radius 1 is 1.15 bits per heavy atom. The summed E-state index contributed by atoms with van der Waals surface area (Å²) in [4.78, 5) is 3.97. The minimum atomic E-state index is -0.294. The van der Waals surface area contributed by atoms with Crippen molar-refractivity contribution < 1.29 is 4.39 Å². The van der Waals surface area contributed by atoms with Crippen molar-refractivity contribution >= 4 is 0 Å². The molecule has 0 saturated heterocycles. The molecule has 0 aliphatic heterocycles. The number of nitrogens with one attached hydrogen (secondary N) is 1. The van der Waals surface area contributed by atoms with E-state index in [2.05, 4.69) is 48.4 Å². The fourth-order valence-corrected chi connectivity index (χ4v) is 2.30. The number of rotatable bonds is 6. The number of nitrogens with zero attached hydrogens (tertiary/aromatic N) is 1. The standard InChI is InChI=1S/C17H21FN2/c1-3-8-20-17(15-10-16(18)12-19-11-15)14-7-5-6-13(4-2)9-14/h5-7,9-12,17,20H,3-4,8H2,1-2H3. The van der Waals surface area contributed by atoms with Crippen molar-refractivity contribution in [2.24, 2.45) is 0 Å². The zero-order valence-corrected chi connectivity index (χ0v) is 12.1. The first-order valence-corrected chi connectivity index (χ1v) is 7.17. The maximum atomic E-state index is 13.4. The maximum absolute atomic E-state index is 13.4. The van der Waals surface area contributed by atoms with E-state index in [0.29, 0.717) is 0 Å². The molecule has 1 aromatic carbocycles. The van der Waals surface area contributed by atoms with Gasteiger partial charge in [0.2, 0.25) is 0 Å². The normalized spacial score (nSPS) is 12.3. The molecule has 0 spiro atoms. The lowest BCUT2D eigenvalue weighted by Crippen LogP contribution is -2.23. The molecule has 106 valence electrons. The molecular formula is C17H21FN2. The largest absolute Gasteiger partial charge is 0.306 e. The lowest BCUT2D eigenvalue weighted by molar-refractivity contribution is 0.580. The number of pyridine rings is 1. The second-order valence-corrected chi connectivity index (χ2v) is 4.92. The molecule has 2 nitrogen and oxygen atoms in total. The van der Waals surface area contributed by atoms with Gasteiger partial charge in [0, 0.05) is 6.20 Å². The van der Waals surface area contributed by atoms with Crippen molar-refractivity contribution in [3.05, 3.63) is 65.2 Å². The highest BCUT2D eigenvalue weighted by molar-refractivity contribution is 5.33. The van der Waals surface area contributed by atoms with Crippen molar-refractivity contribution in [1.82, 2.24) is 10.3 Å². The third-order valence-corrected chi connectivity index (χ3v) is 3.35. The Balaban J connectivity index is 2.35. The fraction of sp³-hybridized carbons (Fsp3) is 0.353. The first-order valence-electron chi connectivity index (χ1n) is 7.17. The van der Waals surface area contributed by atoms with Crippen LogP contribution in [-0.4, -0.2) is 11.5 Å². The van der Waals surface area contributed by atoms with E-state index in [0.717, 1.165) is 30.5 Å². The quantitative estimate of drug-likeness (QED) is 0.863. The van der Waals surface area contributed by atoms with Crippen LogP contribution in [0.3, 0.4) is 0 Å². The second-order valence-electron chi connectivity index (χ2n) is 4.92. The molecule has 0 amide bonds. The maximum Gasteiger partial charge on any atom is 0.141 e. The summed E-state index contributed by atoms with van der Waals surface area (Å²) in [5.41, 5.74) is 3.31. The van der Waals surface area contributed by atoms with Crippen molar-refractivity contribution in [2.75, 3.05) is 6.54 Å². The summed E-state index contributed by atoms with van der Waals surface area (Å²) in [5.74, 6) is -0.294. The molecular weight excluding hydrogens is 251 g/mol. The molecule has 0 bridgehead atoms. The van der Waals surface area contributed by atoms with Crippen LogP contribution in [0.25, 0.3) is 0 Å². The van der Waals surface area contributed by atoms with E-state index in [9.17, 15) is 4.39 Å². The van der Waals surface area contributed by atoms with Gasteiger partial charge in [-0.3, -0.25) is 4.98 Å². The van der Waals surface area contributed by atoms with E-state index in [1.54, 1.807) is 12.3 Å².